The van der Waals surface area contributed by atoms with Crippen LogP contribution in [0.2, 0.25) is 0 Å². The summed E-state index contributed by atoms with van der Waals surface area (Å²) in [6.45, 7) is 1.80. The lowest BCUT2D eigenvalue weighted by Gasteiger charge is -2.23. The van der Waals surface area contributed by atoms with Crippen LogP contribution in [-0.4, -0.2) is 29.7 Å². The lowest BCUT2D eigenvalue weighted by atomic mass is 10.1. The van der Waals surface area contributed by atoms with Crippen molar-refractivity contribution >= 4 is 17.6 Å². The van der Waals surface area contributed by atoms with Crippen molar-refractivity contribution in [3.8, 4) is 11.5 Å². The summed E-state index contributed by atoms with van der Waals surface area (Å²) >= 11 is 0. The molecule has 0 spiro atoms. The zero-order valence-electron chi connectivity index (χ0n) is 16.4. The molecule has 3 aromatic rings. The molecule has 29 heavy (non-hydrogen) atoms. The number of hydrogen-bond acceptors (Lipinski definition) is 6. The highest BCUT2D eigenvalue weighted by Gasteiger charge is 2.29. The number of guanidine groups is 1. The number of hydrogen-bond donors (Lipinski definition) is 3. The first-order chi connectivity index (χ1) is 14.1. The van der Waals surface area contributed by atoms with E-state index >= 15 is 0 Å². The van der Waals surface area contributed by atoms with E-state index in [4.69, 9.17) is 9.47 Å². The highest BCUT2D eigenvalue weighted by Crippen LogP contribution is 2.20. The Morgan fingerprint density at radius 3 is 2.28 bits per heavy atom. The Bertz CT molecular complexity index is 1100. The first-order valence-electron chi connectivity index (χ1n) is 9.13. The van der Waals surface area contributed by atoms with Crippen molar-refractivity contribution in [2.45, 2.75) is 13.1 Å². The summed E-state index contributed by atoms with van der Waals surface area (Å²) in [6, 6.07) is 16.6. The summed E-state index contributed by atoms with van der Waals surface area (Å²) in [4.78, 5) is 20.6. The lowest BCUT2D eigenvalue weighted by molar-refractivity contribution is -0.520. The zero-order valence-corrected chi connectivity index (χ0v) is 16.4. The molecule has 0 bridgehead atoms. The van der Waals surface area contributed by atoms with Crippen LogP contribution in [0, 0.1) is 6.92 Å². The number of fused-ring (bicyclic) bond motifs is 1. The van der Waals surface area contributed by atoms with Crippen molar-refractivity contribution in [1.82, 2.24) is 9.55 Å². The van der Waals surface area contributed by atoms with Gasteiger partial charge in [-0.05, 0) is 55.5 Å². The second-order valence-electron chi connectivity index (χ2n) is 6.60. The van der Waals surface area contributed by atoms with Crippen molar-refractivity contribution in [2.24, 2.45) is 0 Å². The Morgan fingerprint density at radius 2 is 1.66 bits per heavy atom. The number of aromatic nitrogens is 2. The van der Waals surface area contributed by atoms with Gasteiger partial charge in [-0.3, -0.25) is 9.79 Å². The number of nitrogens with zero attached hydrogens (tertiary/aromatic N) is 2. The van der Waals surface area contributed by atoms with Gasteiger partial charge in [0.15, 0.2) is 6.17 Å². The third-order valence-corrected chi connectivity index (χ3v) is 4.65. The van der Waals surface area contributed by atoms with Crippen molar-refractivity contribution in [3.05, 3.63) is 76.2 Å². The number of ether oxygens (including phenoxy) is 2. The van der Waals surface area contributed by atoms with E-state index < -0.39 is 6.17 Å². The molecular weight excluding hydrogens is 370 g/mol. The number of anilines is 2. The monoisotopic (exact) mass is 392 g/mol. The maximum Gasteiger partial charge on any atom is 0.357 e. The average molecular weight is 392 g/mol. The van der Waals surface area contributed by atoms with Crippen LogP contribution >= 0.6 is 0 Å². The van der Waals surface area contributed by atoms with E-state index in [1.165, 1.54) is 6.07 Å². The fourth-order valence-corrected chi connectivity index (χ4v) is 3.20. The predicted molar refractivity (Wildman–Crippen MR) is 111 cm³/mol. The maximum atomic E-state index is 12.7. The topological polar surface area (TPSA) is 91.4 Å². The van der Waals surface area contributed by atoms with Crippen LogP contribution in [0.1, 0.15) is 17.4 Å². The van der Waals surface area contributed by atoms with Gasteiger partial charge >= 0.3 is 5.96 Å². The second kappa shape index (κ2) is 7.67. The van der Waals surface area contributed by atoms with E-state index in [9.17, 15) is 4.79 Å². The third-order valence-electron chi connectivity index (χ3n) is 4.65. The number of rotatable bonds is 4. The van der Waals surface area contributed by atoms with E-state index in [2.05, 4.69) is 20.6 Å². The fraction of sp³-hybridized carbons (Fsp3) is 0.190. The van der Waals surface area contributed by atoms with Crippen LogP contribution in [0.25, 0.3) is 0 Å². The molecule has 4 rings (SSSR count). The van der Waals surface area contributed by atoms with E-state index in [-0.39, 0.29) is 5.56 Å². The van der Waals surface area contributed by atoms with Gasteiger partial charge in [0.05, 0.1) is 19.9 Å². The Hall–Kier alpha value is -3.81. The van der Waals surface area contributed by atoms with Gasteiger partial charge in [-0.15, -0.1) is 0 Å². The maximum absolute atomic E-state index is 12.7. The Balaban J connectivity index is 1.74. The number of aryl methyl sites for hydroxylation is 1. The van der Waals surface area contributed by atoms with E-state index in [1.54, 1.807) is 25.7 Å². The largest absolute Gasteiger partial charge is 0.497 e. The summed E-state index contributed by atoms with van der Waals surface area (Å²) in [6.07, 6.45) is -0.432. The molecule has 0 amide bonds. The third kappa shape index (κ3) is 3.77. The molecular formula is C21H22N5O3+. The molecule has 0 unspecified atom stereocenters. The molecule has 148 valence electrons. The quantitative estimate of drug-likeness (QED) is 0.616. The molecule has 0 fully saturated rings. The number of nitrogens with one attached hydrogen (secondary N) is 3. The molecule has 1 aromatic heterocycles. The van der Waals surface area contributed by atoms with Crippen molar-refractivity contribution in [2.75, 3.05) is 24.9 Å². The van der Waals surface area contributed by atoms with Crippen LogP contribution in [-0.2, 0) is 0 Å². The molecule has 1 atom stereocenters. The summed E-state index contributed by atoms with van der Waals surface area (Å²) in [7, 11) is 3.25. The Labute approximate surface area is 167 Å². The molecule has 8 nitrogen and oxygen atoms in total. The van der Waals surface area contributed by atoms with Crippen LogP contribution in [0.3, 0.4) is 0 Å². The molecule has 0 saturated heterocycles. The highest BCUT2D eigenvalue weighted by molar-refractivity contribution is 5.99. The molecule has 2 aromatic carbocycles. The highest BCUT2D eigenvalue weighted by atomic mass is 16.5. The minimum atomic E-state index is -0.432. The molecule has 0 radical (unpaired) electrons. The van der Waals surface area contributed by atoms with Crippen LogP contribution in [0.5, 0.6) is 11.5 Å². The summed E-state index contributed by atoms with van der Waals surface area (Å²) in [5, 5.41) is 6.46. The molecule has 1 aliphatic heterocycles. The Morgan fingerprint density at radius 1 is 1.03 bits per heavy atom. The average Bonchev–Trinajstić information content (AvgIpc) is 2.73. The lowest BCUT2D eigenvalue weighted by Crippen LogP contribution is -2.82. The standard InChI is InChI=1S/C21H21N5O3/c1-13-12-18(27)26-19(14-4-8-16(28-2)9-5-14)24-20(25-21(26)22-13)23-15-6-10-17(29-3)11-7-15/h4-12,19H,1-3H3,(H2,22,23,24,25)/p+1/t19-/m1/s1. The van der Waals surface area contributed by atoms with E-state index in [0.717, 1.165) is 22.7 Å². The molecule has 0 aliphatic carbocycles. The van der Waals surface area contributed by atoms with E-state index in [1.807, 2.05) is 48.5 Å². The molecule has 3 N–H and O–H groups in total. The van der Waals surface area contributed by atoms with Crippen molar-refractivity contribution in [1.29, 1.82) is 0 Å². The van der Waals surface area contributed by atoms with Gasteiger partial charge < -0.3 is 9.47 Å². The van der Waals surface area contributed by atoms with Gasteiger partial charge in [0, 0.05) is 17.3 Å². The smallest absolute Gasteiger partial charge is 0.357 e. The van der Waals surface area contributed by atoms with Gasteiger partial charge in [0.1, 0.15) is 11.5 Å². The first kappa shape index (κ1) is 18.5. The molecule has 1 aliphatic rings. The Kier molecular flexibility index (Phi) is 4.90. The van der Waals surface area contributed by atoms with Crippen molar-refractivity contribution < 1.29 is 14.5 Å². The summed E-state index contributed by atoms with van der Waals surface area (Å²) in [5.41, 5.74) is 2.26. The summed E-state index contributed by atoms with van der Waals surface area (Å²) in [5.74, 6) is 2.60. The molecule has 2 heterocycles. The first-order valence-corrected chi connectivity index (χ1v) is 9.13. The normalized spacial score (nSPS) is 15.0. The van der Waals surface area contributed by atoms with Gasteiger partial charge in [-0.25, -0.2) is 20.2 Å². The minimum absolute atomic E-state index is 0.142. The van der Waals surface area contributed by atoms with Gasteiger partial charge in [0.2, 0.25) is 0 Å². The van der Waals surface area contributed by atoms with Crippen LogP contribution in [0.15, 0.2) is 59.4 Å². The van der Waals surface area contributed by atoms with Crippen LogP contribution in [0.4, 0.5) is 11.6 Å². The second-order valence-corrected chi connectivity index (χ2v) is 6.60. The van der Waals surface area contributed by atoms with E-state index in [0.29, 0.717) is 17.6 Å². The van der Waals surface area contributed by atoms with Crippen molar-refractivity contribution in [3.63, 3.8) is 0 Å². The minimum Gasteiger partial charge on any atom is -0.497 e. The predicted octanol–water partition coefficient (Wildman–Crippen LogP) is 1.09. The fourth-order valence-electron chi connectivity index (χ4n) is 3.20. The molecule has 8 heteroatoms. The zero-order chi connectivity index (χ0) is 20.4. The number of benzene rings is 2. The van der Waals surface area contributed by atoms with Gasteiger partial charge in [0.25, 0.3) is 11.5 Å². The number of methoxy groups -OCH3 is 2. The summed E-state index contributed by atoms with van der Waals surface area (Å²) < 4.78 is 12.0. The molecule has 0 saturated carbocycles. The van der Waals surface area contributed by atoms with Gasteiger partial charge in [-0.2, -0.15) is 0 Å². The van der Waals surface area contributed by atoms with Gasteiger partial charge in [-0.1, -0.05) is 0 Å². The SMILES string of the molecule is COc1ccc(NC2=[NH+][C@@H](c3ccc(OC)cc3)n3c(nc(C)cc3=O)N2)cc1. The van der Waals surface area contributed by atoms with Crippen LogP contribution < -0.4 is 30.7 Å².